The molecule has 1 rings (SSSR count). The lowest BCUT2D eigenvalue weighted by Crippen LogP contribution is -1.87. The van der Waals surface area contributed by atoms with Crippen LogP contribution in [0.1, 0.15) is 18.7 Å². The molecule has 53 valence electrons. The first-order valence-corrected chi connectivity index (χ1v) is 3.33. The molecule has 1 atom stereocenters. The predicted octanol–water partition coefficient (Wildman–Crippen LogP) is 2.92. The van der Waals surface area contributed by atoms with Gasteiger partial charge >= 0.3 is 0 Å². The second-order valence-electron chi connectivity index (χ2n) is 2.15. The molecule has 0 amide bonds. The number of hydrogen-bond donors (Lipinski definition) is 0. The molecule has 1 heteroatoms. The Labute approximate surface area is 60.7 Å². The molecule has 0 N–H and O–H groups in total. The van der Waals surface area contributed by atoms with E-state index in [4.69, 9.17) is 0 Å². The summed E-state index contributed by atoms with van der Waals surface area (Å²) in [5.41, 5.74) is 0.727. The second kappa shape index (κ2) is 3.35. The fraction of sp³-hybridized carbons (Fsp3) is 0.222. The molecule has 0 aliphatic rings. The van der Waals surface area contributed by atoms with Crippen LogP contribution in [0.4, 0.5) is 4.39 Å². The summed E-state index contributed by atoms with van der Waals surface area (Å²) in [7, 11) is 0. The highest BCUT2D eigenvalue weighted by Gasteiger charge is 2.03. The van der Waals surface area contributed by atoms with Gasteiger partial charge in [0.05, 0.1) is 0 Å². The summed E-state index contributed by atoms with van der Waals surface area (Å²) in [6.07, 6.45) is 0.621. The minimum atomic E-state index is -0.916. The van der Waals surface area contributed by atoms with Crippen LogP contribution in [0.2, 0.25) is 0 Å². The van der Waals surface area contributed by atoms with E-state index >= 15 is 0 Å². The van der Waals surface area contributed by atoms with Crippen molar-refractivity contribution in [3.63, 3.8) is 0 Å². The molecule has 1 aromatic carbocycles. The van der Waals surface area contributed by atoms with E-state index in [1.165, 1.54) is 6.42 Å². The lowest BCUT2D eigenvalue weighted by atomic mass is 10.1. The highest BCUT2D eigenvalue weighted by Crippen LogP contribution is 2.18. The Hall–Kier alpha value is -0.850. The Morgan fingerprint density at radius 1 is 1.30 bits per heavy atom. The largest absolute Gasteiger partial charge is 0.242 e. The third kappa shape index (κ3) is 1.56. The van der Waals surface area contributed by atoms with Gasteiger partial charge in [-0.15, -0.1) is 0 Å². The van der Waals surface area contributed by atoms with Crippen LogP contribution < -0.4 is 0 Å². The normalized spacial score (nSPS) is 13.0. The molecule has 0 fully saturated rings. The summed E-state index contributed by atoms with van der Waals surface area (Å²) in [6, 6.07) is 9.12. The van der Waals surface area contributed by atoms with Crippen molar-refractivity contribution in [3.05, 3.63) is 42.3 Å². The van der Waals surface area contributed by atoms with E-state index in [2.05, 4.69) is 0 Å². The first-order chi connectivity index (χ1) is 4.84. The number of alkyl halides is 1. The lowest BCUT2D eigenvalue weighted by Gasteiger charge is -2.02. The minimum Gasteiger partial charge on any atom is -0.242 e. The highest BCUT2D eigenvalue weighted by molar-refractivity contribution is 5.19. The van der Waals surface area contributed by atoms with Crippen LogP contribution in [0.25, 0.3) is 0 Å². The number of halogens is 1. The molecule has 0 aliphatic heterocycles. The summed E-state index contributed by atoms with van der Waals surface area (Å²) in [5, 5.41) is 0. The third-order valence-corrected chi connectivity index (χ3v) is 1.41. The molecule has 0 aliphatic carbocycles. The summed E-state index contributed by atoms with van der Waals surface area (Å²) in [6.45, 7) is 1.72. The molecule has 0 heterocycles. The molecule has 1 radical (unpaired) electrons. The van der Waals surface area contributed by atoms with Gasteiger partial charge in [0, 0.05) is 0 Å². The van der Waals surface area contributed by atoms with E-state index in [9.17, 15) is 4.39 Å². The Kier molecular flexibility index (Phi) is 2.43. The van der Waals surface area contributed by atoms with E-state index in [1.54, 1.807) is 19.1 Å². The third-order valence-electron chi connectivity index (χ3n) is 1.41. The van der Waals surface area contributed by atoms with Crippen LogP contribution in [0.5, 0.6) is 0 Å². The average Bonchev–Trinajstić information content (AvgIpc) is 2.05. The fourth-order valence-corrected chi connectivity index (χ4v) is 0.829. The minimum absolute atomic E-state index is 0.727. The number of rotatable bonds is 2. The van der Waals surface area contributed by atoms with E-state index < -0.39 is 6.17 Å². The van der Waals surface area contributed by atoms with Gasteiger partial charge in [0.1, 0.15) is 6.17 Å². The average molecular weight is 137 g/mol. The molecule has 0 saturated carbocycles. The van der Waals surface area contributed by atoms with Crippen molar-refractivity contribution in [2.24, 2.45) is 0 Å². The summed E-state index contributed by atoms with van der Waals surface area (Å²) >= 11 is 0. The quantitative estimate of drug-likeness (QED) is 0.588. The SMILES string of the molecule is C[CH]C(F)c1ccccc1. The van der Waals surface area contributed by atoms with Gasteiger partial charge < -0.3 is 0 Å². The molecule has 0 saturated heterocycles. The predicted molar refractivity (Wildman–Crippen MR) is 40.3 cm³/mol. The van der Waals surface area contributed by atoms with Crippen molar-refractivity contribution < 1.29 is 4.39 Å². The summed E-state index contributed by atoms with van der Waals surface area (Å²) in [4.78, 5) is 0. The van der Waals surface area contributed by atoms with Crippen LogP contribution in [-0.4, -0.2) is 0 Å². The molecule has 1 aromatic rings. The molecule has 10 heavy (non-hydrogen) atoms. The van der Waals surface area contributed by atoms with Crippen LogP contribution in [-0.2, 0) is 0 Å². The first-order valence-electron chi connectivity index (χ1n) is 3.33. The van der Waals surface area contributed by atoms with Gasteiger partial charge in [0.2, 0.25) is 0 Å². The van der Waals surface area contributed by atoms with E-state index in [1.807, 2.05) is 18.2 Å². The Morgan fingerprint density at radius 2 is 1.90 bits per heavy atom. The van der Waals surface area contributed by atoms with E-state index in [0.29, 0.717) is 0 Å². The molecule has 0 nitrogen and oxygen atoms in total. The monoisotopic (exact) mass is 137 g/mol. The Balaban J connectivity index is 2.75. The first kappa shape index (κ1) is 7.26. The van der Waals surface area contributed by atoms with Crippen molar-refractivity contribution in [3.8, 4) is 0 Å². The van der Waals surface area contributed by atoms with Crippen LogP contribution in [0, 0.1) is 6.42 Å². The molecule has 0 spiro atoms. The van der Waals surface area contributed by atoms with Crippen LogP contribution in [0.15, 0.2) is 30.3 Å². The maximum absolute atomic E-state index is 12.8. The summed E-state index contributed by atoms with van der Waals surface area (Å²) in [5.74, 6) is 0. The highest BCUT2D eigenvalue weighted by atomic mass is 19.1. The topological polar surface area (TPSA) is 0 Å². The Bertz CT molecular complexity index is 181. The molecular formula is C9H10F. The number of benzene rings is 1. The van der Waals surface area contributed by atoms with Gasteiger partial charge in [-0.25, -0.2) is 4.39 Å². The smallest absolute Gasteiger partial charge is 0.128 e. The van der Waals surface area contributed by atoms with Gasteiger partial charge in [0.25, 0.3) is 0 Å². The van der Waals surface area contributed by atoms with Crippen LogP contribution >= 0.6 is 0 Å². The molecule has 0 bridgehead atoms. The zero-order chi connectivity index (χ0) is 7.40. The second-order valence-corrected chi connectivity index (χ2v) is 2.15. The van der Waals surface area contributed by atoms with Crippen molar-refractivity contribution in [1.82, 2.24) is 0 Å². The molecule has 0 aromatic heterocycles. The van der Waals surface area contributed by atoms with Gasteiger partial charge in [-0.1, -0.05) is 37.3 Å². The van der Waals surface area contributed by atoms with Gasteiger partial charge in [-0.05, 0) is 12.0 Å². The van der Waals surface area contributed by atoms with E-state index in [-0.39, 0.29) is 0 Å². The Morgan fingerprint density at radius 3 is 2.40 bits per heavy atom. The molecular weight excluding hydrogens is 127 g/mol. The fourth-order valence-electron chi connectivity index (χ4n) is 0.829. The molecule has 1 unspecified atom stereocenters. The van der Waals surface area contributed by atoms with Gasteiger partial charge in [0.15, 0.2) is 0 Å². The van der Waals surface area contributed by atoms with Crippen molar-refractivity contribution >= 4 is 0 Å². The van der Waals surface area contributed by atoms with Gasteiger partial charge in [-0.3, -0.25) is 0 Å². The van der Waals surface area contributed by atoms with Crippen molar-refractivity contribution in [2.75, 3.05) is 0 Å². The summed E-state index contributed by atoms with van der Waals surface area (Å²) < 4.78 is 12.8. The van der Waals surface area contributed by atoms with Crippen LogP contribution in [0.3, 0.4) is 0 Å². The van der Waals surface area contributed by atoms with Crippen molar-refractivity contribution in [1.29, 1.82) is 0 Å². The maximum Gasteiger partial charge on any atom is 0.128 e. The lowest BCUT2D eigenvalue weighted by molar-refractivity contribution is 0.390. The number of hydrogen-bond acceptors (Lipinski definition) is 0. The zero-order valence-electron chi connectivity index (χ0n) is 5.92. The standard InChI is InChI=1S/C9H10F/c1-2-9(10)8-6-4-3-5-7-8/h2-7,9H,1H3. The van der Waals surface area contributed by atoms with E-state index in [0.717, 1.165) is 5.56 Å². The maximum atomic E-state index is 12.8. The van der Waals surface area contributed by atoms with Crippen molar-refractivity contribution in [2.45, 2.75) is 13.1 Å². The van der Waals surface area contributed by atoms with Gasteiger partial charge in [-0.2, -0.15) is 0 Å². The zero-order valence-corrected chi connectivity index (χ0v) is 5.92.